The highest BCUT2D eigenvalue weighted by Crippen LogP contribution is 2.17. The Balaban J connectivity index is 2.34. The molecule has 4 heteroatoms. The molecule has 16 heavy (non-hydrogen) atoms. The van der Waals surface area contributed by atoms with Crippen LogP contribution < -0.4 is 0 Å². The van der Waals surface area contributed by atoms with Gasteiger partial charge < -0.3 is 10.1 Å². The molecule has 0 radical (unpaired) electrons. The average Bonchev–Trinajstić information content (AvgIpc) is 2.61. The molecule has 0 spiro atoms. The van der Waals surface area contributed by atoms with Crippen LogP contribution in [0.4, 0.5) is 0 Å². The van der Waals surface area contributed by atoms with Gasteiger partial charge in [-0.1, -0.05) is 30.3 Å². The van der Waals surface area contributed by atoms with Gasteiger partial charge in [0.05, 0.1) is 12.1 Å². The summed E-state index contributed by atoms with van der Waals surface area (Å²) in [6.07, 6.45) is -0.0465. The molecule has 1 aromatic carbocycles. The molecule has 0 aliphatic carbocycles. The van der Waals surface area contributed by atoms with E-state index in [1.807, 2.05) is 37.3 Å². The summed E-state index contributed by atoms with van der Waals surface area (Å²) in [6, 6.07) is 9.64. The largest absolute Gasteiger partial charge is 0.481 e. The molecule has 82 valence electrons. The van der Waals surface area contributed by atoms with E-state index in [-0.39, 0.29) is 6.42 Å². The minimum Gasteiger partial charge on any atom is -0.481 e. The Bertz CT molecular complexity index is 503. The van der Waals surface area contributed by atoms with Crippen molar-refractivity contribution < 1.29 is 9.90 Å². The van der Waals surface area contributed by atoms with Crippen molar-refractivity contribution >= 4 is 5.97 Å². The first-order valence-corrected chi connectivity index (χ1v) is 4.99. The Morgan fingerprint density at radius 2 is 2.06 bits per heavy atom. The number of nitrogens with one attached hydrogen (secondary N) is 1. The summed E-state index contributed by atoms with van der Waals surface area (Å²) in [5.74, 6) is -0.149. The summed E-state index contributed by atoms with van der Waals surface area (Å²) >= 11 is 0. The van der Waals surface area contributed by atoms with E-state index in [1.54, 1.807) is 0 Å². The number of carboxylic acids is 1. The van der Waals surface area contributed by atoms with Gasteiger partial charge in [-0.3, -0.25) is 4.79 Å². The van der Waals surface area contributed by atoms with Crippen molar-refractivity contribution in [3.8, 4) is 11.4 Å². The van der Waals surface area contributed by atoms with Crippen LogP contribution >= 0.6 is 0 Å². The smallest absolute Gasteiger partial charge is 0.309 e. The van der Waals surface area contributed by atoms with E-state index >= 15 is 0 Å². The number of rotatable bonds is 3. The Hall–Kier alpha value is -2.10. The molecule has 0 aliphatic rings. The quantitative estimate of drug-likeness (QED) is 0.824. The zero-order chi connectivity index (χ0) is 11.5. The molecule has 0 aliphatic heterocycles. The van der Waals surface area contributed by atoms with Gasteiger partial charge in [0.1, 0.15) is 5.82 Å². The molecule has 0 saturated heterocycles. The van der Waals surface area contributed by atoms with Crippen LogP contribution in [0.25, 0.3) is 11.4 Å². The van der Waals surface area contributed by atoms with Crippen molar-refractivity contribution in [3.63, 3.8) is 0 Å². The van der Waals surface area contributed by atoms with Crippen LogP contribution in [-0.2, 0) is 11.2 Å². The summed E-state index contributed by atoms with van der Waals surface area (Å²) < 4.78 is 0. The Morgan fingerprint density at radius 1 is 1.38 bits per heavy atom. The summed E-state index contributed by atoms with van der Waals surface area (Å²) in [4.78, 5) is 18.0. The third kappa shape index (κ3) is 2.11. The van der Waals surface area contributed by atoms with Gasteiger partial charge in [0.15, 0.2) is 0 Å². The second kappa shape index (κ2) is 4.18. The van der Waals surface area contributed by atoms with Gasteiger partial charge in [0, 0.05) is 11.3 Å². The molecule has 2 aromatic rings. The van der Waals surface area contributed by atoms with E-state index in [4.69, 9.17) is 5.11 Å². The Morgan fingerprint density at radius 3 is 2.69 bits per heavy atom. The van der Waals surface area contributed by atoms with Crippen LogP contribution in [-0.4, -0.2) is 21.0 Å². The molecule has 0 amide bonds. The molecular formula is C12H12N2O2. The van der Waals surface area contributed by atoms with Crippen molar-refractivity contribution in [2.24, 2.45) is 0 Å². The van der Waals surface area contributed by atoms with Crippen LogP contribution in [0.5, 0.6) is 0 Å². The van der Waals surface area contributed by atoms with Gasteiger partial charge in [-0.15, -0.1) is 0 Å². The van der Waals surface area contributed by atoms with E-state index < -0.39 is 5.97 Å². The zero-order valence-electron chi connectivity index (χ0n) is 8.90. The van der Waals surface area contributed by atoms with E-state index in [0.717, 1.165) is 11.3 Å². The lowest BCUT2D eigenvalue weighted by Crippen LogP contribution is -2.01. The maximum atomic E-state index is 10.6. The van der Waals surface area contributed by atoms with Crippen molar-refractivity contribution in [1.29, 1.82) is 0 Å². The topological polar surface area (TPSA) is 66.0 Å². The van der Waals surface area contributed by atoms with Gasteiger partial charge in [0.2, 0.25) is 0 Å². The predicted molar refractivity (Wildman–Crippen MR) is 60.1 cm³/mol. The molecule has 0 atom stereocenters. The number of aryl methyl sites for hydroxylation is 1. The van der Waals surface area contributed by atoms with E-state index in [0.29, 0.717) is 11.5 Å². The first-order chi connectivity index (χ1) is 7.66. The summed E-state index contributed by atoms with van der Waals surface area (Å²) in [7, 11) is 0. The molecule has 1 heterocycles. The summed E-state index contributed by atoms with van der Waals surface area (Å²) in [5, 5.41) is 8.72. The average molecular weight is 216 g/mol. The Kier molecular flexibility index (Phi) is 2.72. The number of aliphatic carboxylic acids is 1. The molecule has 0 fully saturated rings. The second-order valence-electron chi connectivity index (χ2n) is 3.59. The number of aromatic amines is 1. The van der Waals surface area contributed by atoms with Crippen molar-refractivity contribution in [2.75, 3.05) is 0 Å². The van der Waals surface area contributed by atoms with Crippen LogP contribution in [0.2, 0.25) is 0 Å². The number of benzene rings is 1. The molecule has 0 bridgehead atoms. The minimum atomic E-state index is -0.866. The number of aromatic nitrogens is 2. The number of H-pyrrole nitrogens is 1. The standard InChI is InChI=1S/C12H12N2O2/c1-8-10(7-11(15)16)14-12(13-8)9-5-3-2-4-6-9/h2-6H,7H2,1H3,(H,13,14)(H,15,16). The third-order valence-electron chi connectivity index (χ3n) is 2.35. The number of carbonyl (C=O) groups is 1. The lowest BCUT2D eigenvalue weighted by molar-refractivity contribution is -0.136. The zero-order valence-corrected chi connectivity index (χ0v) is 8.90. The summed E-state index contributed by atoms with van der Waals surface area (Å²) in [6.45, 7) is 1.83. The highest BCUT2D eigenvalue weighted by atomic mass is 16.4. The SMILES string of the molecule is Cc1[nH]c(-c2ccccc2)nc1CC(=O)O. The van der Waals surface area contributed by atoms with Crippen molar-refractivity contribution in [1.82, 2.24) is 9.97 Å². The maximum absolute atomic E-state index is 10.6. The van der Waals surface area contributed by atoms with Crippen molar-refractivity contribution in [2.45, 2.75) is 13.3 Å². The molecule has 2 N–H and O–H groups in total. The fourth-order valence-corrected chi connectivity index (χ4v) is 1.54. The number of carboxylic acid groups (broad SMARTS) is 1. The van der Waals surface area contributed by atoms with Crippen LogP contribution in [0, 0.1) is 6.92 Å². The first kappa shape index (κ1) is 10.4. The maximum Gasteiger partial charge on any atom is 0.309 e. The number of imidazole rings is 1. The van der Waals surface area contributed by atoms with Gasteiger partial charge >= 0.3 is 5.97 Å². The van der Waals surface area contributed by atoms with Crippen LogP contribution in [0.3, 0.4) is 0 Å². The fraction of sp³-hybridized carbons (Fsp3) is 0.167. The lowest BCUT2D eigenvalue weighted by atomic mass is 10.2. The lowest BCUT2D eigenvalue weighted by Gasteiger charge is -1.93. The number of hydrogen-bond donors (Lipinski definition) is 2. The minimum absolute atomic E-state index is 0.0465. The van der Waals surface area contributed by atoms with E-state index in [2.05, 4.69) is 9.97 Å². The molecular weight excluding hydrogens is 204 g/mol. The normalized spacial score (nSPS) is 10.3. The van der Waals surface area contributed by atoms with Gasteiger partial charge in [-0.05, 0) is 6.92 Å². The van der Waals surface area contributed by atoms with E-state index in [9.17, 15) is 4.79 Å². The van der Waals surface area contributed by atoms with E-state index in [1.165, 1.54) is 0 Å². The van der Waals surface area contributed by atoms with Gasteiger partial charge in [-0.25, -0.2) is 4.98 Å². The molecule has 0 unspecified atom stereocenters. The molecule has 4 nitrogen and oxygen atoms in total. The second-order valence-corrected chi connectivity index (χ2v) is 3.59. The summed E-state index contributed by atoms with van der Waals surface area (Å²) in [5.41, 5.74) is 2.36. The molecule has 0 saturated carbocycles. The molecule has 2 rings (SSSR count). The number of hydrogen-bond acceptors (Lipinski definition) is 2. The van der Waals surface area contributed by atoms with Gasteiger partial charge in [-0.2, -0.15) is 0 Å². The monoisotopic (exact) mass is 216 g/mol. The highest BCUT2D eigenvalue weighted by molar-refractivity contribution is 5.70. The predicted octanol–water partition coefficient (Wildman–Crippen LogP) is 2.01. The number of nitrogens with zero attached hydrogens (tertiary/aromatic N) is 1. The van der Waals surface area contributed by atoms with Crippen molar-refractivity contribution in [3.05, 3.63) is 41.7 Å². The van der Waals surface area contributed by atoms with Crippen LogP contribution in [0.1, 0.15) is 11.4 Å². The Labute approximate surface area is 93.0 Å². The first-order valence-electron chi connectivity index (χ1n) is 4.99. The third-order valence-corrected chi connectivity index (χ3v) is 2.35. The van der Waals surface area contributed by atoms with Gasteiger partial charge in [0.25, 0.3) is 0 Å². The highest BCUT2D eigenvalue weighted by Gasteiger charge is 2.10. The van der Waals surface area contributed by atoms with Crippen LogP contribution in [0.15, 0.2) is 30.3 Å². The molecule has 1 aromatic heterocycles. The fourth-order valence-electron chi connectivity index (χ4n) is 1.54.